The van der Waals surface area contributed by atoms with Gasteiger partial charge in [-0.1, -0.05) is 19.0 Å². The van der Waals surface area contributed by atoms with E-state index < -0.39 is 0 Å². The number of aryl methyl sites for hydroxylation is 1. The smallest absolute Gasteiger partial charge is 0.240 e. The lowest BCUT2D eigenvalue weighted by molar-refractivity contribution is 0.101. The summed E-state index contributed by atoms with van der Waals surface area (Å²) in [5, 5.41) is 13.0. The molecule has 1 aliphatic rings. The van der Waals surface area contributed by atoms with Crippen molar-refractivity contribution in [3.63, 3.8) is 0 Å². The number of aromatic nitrogens is 2. The molecule has 1 N–H and O–H groups in total. The predicted octanol–water partition coefficient (Wildman–Crippen LogP) is 0.768. The Morgan fingerprint density at radius 2 is 1.90 bits per heavy atom. The van der Waals surface area contributed by atoms with Gasteiger partial charge in [-0.25, -0.2) is 0 Å². The van der Waals surface area contributed by atoms with Crippen LogP contribution in [0, 0.1) is 5.92 Å². The maximum absolute atomic E-state index is 8.92. The molecule has 114 valence electrons. The lowest BCUT2D eigenvalue weighted by Crippen LogP contribution is -2.46. The van der Waals surface area contributed by atoms with Crippen molar-refractivity contribution >= 4 is 0 Å². The molecule has 20 heavy (non-hydrogen) atoms. The van der Waals surface area contributed by atoms with Crippen molar-refractivity contribution in [3.8, 4) is 0 Å². The molecule has 0 radical (unpaired) electrons. The van der Waals surface area contributed by atoms with E-state index >= 15 is 0 Å². The van der Waals surface area contributed by atoms with Gasteiger partial charge >= 0.3 is 0 Å². The van der Waals surface area contributed by atoms with Crippen molar-refractivity contribution in [3.05, 3.63) is 11.7 Å². The average Bonchev–Trinajstić information content (AvgIpc) is 2.87. The maximum atomic E-state index is 8.92. The summed E-state index contributed by atoms with van der Waals surface area (Å²) in [5.41, 5.74) is 0. The predicted molar refractivity (Wildman–Crippen MR) is 76.3 cm³/mol. The fourth-order valence-electron chi connectivity index (χ4n) is 2.38. The van der Waals surface area contributed by atoms with Crippen LogP contribution in [0.3, 0.4) is 0 Å². The number of nitrogens with zero attached hydrogens (tertiary/aromatic N) is 4. The van der Waals surface area contributed by atoms with Crippen molar-refractivity contribution < 1.29 is 9.63 Å². The second-order valence-corrected chi connectivity index (χ2v) is 5.88. The van der Waals surface area contributed by atoms with Gasteiger partial charge < -0.3 is 9.63 Å². The zero-order valence-corrected chi connectivity index (χ0v) is 12.6. The largest absolute Gasteiger partial charge is 0.395 e. The zero-order chi connectivity index (χ0) is 14.4. The van der Waals surface area contributed by atoms with E-state index in [0.717, 1.165) is 63.8 Å². The van der Waals surface area contributed by atoms with E-state index in [1.54, 1.807) is 0 Å². The van der Waals surface area contributed by atoms with E-state index in [2.05, 4.69) is 33.8 Å². The van der Waals surface area contributed by atoms with Gasteiger partial charge in [-0.3, -0.25) is 9.80 Å². The summed E-state index contributed by atoms with van der Waals surface area (Å²) in [6.45, 7) is 10.1. The average molecular weight is 282 g/mol. The van der Waals surface area contributed by atoms with Crippen LogP contribution in [0.4, 0.5) is 0 Å². The highest BCUT2D eigenvalue weighted by atomic mass is 16.5. The lowest BCUT2D eigenvalue weighted by Gasteiger charge is -2.33. The molecule has 1 fully saturated rings. The summed E-state index contributed by atoms with van der Waals surface area (Å²) in [6, 6.07) is 0. The van der Waals surface area contributed by atoms with E-state index in [-0.39, 0.29) is 6.61 Å². The second-order valence-electron chi connectivity index (χ2n) is 5.88. The van der Waals surface area contributed by atoms with Crippen molar-refractivity contribution in [2.24, 2.45) is 5.92 Å². The van der Waals surface area contributed by atoms with Crippen LogP contribution in [-0.4, -0.2) is 64.4 Å². The van der Waals surface area contributed by atoms with Crippen LogP contribution in [0.5, 0.6) is 0 Å². The third-order valence-corrected chi connectivity index (χ3v) is 3.70. The van der Waals surface area contributed by atoms with E-state index in [4.69, 9.17) is 9.63 Å². The molecule has 1 aromatic rings. The molecule has 1 aromatic heterocycles. The Morgan fingerprint density at radius 1 is 1.20 bits per heavy atom. The second kappa shape index (κ2) is 7.71. The molecule has 1 saturated heterocycles. The Balaban J connectivity index is 1.74. The monoisotopic (exact) mass is 282 g/mol. The quantitative estimate of drug-likeness (QED) is 0.797. The first-order chi connectivity index (χ1) is 9.67. The molecule has 2 rings (SSSR count). The van der Waals surface area contributed by atoms with E-state index in [9.17, 15) is 0 Å². The highest BCUT2D eigenvalue weighted by molar-refractivity contribution is 4.87. The normalized spacial score (nSPS) is 18.0. The van der Waals surface area contributed by atoms with Crippen molar-refractivity contribution in [1.82, 2.24) is 19.9 Å². The Bertz CT molecular complexity index is 386. The molecule has 0 unspecified atom stereocenters. The standard InChI is InChI=1S/C14H26N4O2/c1-12(2)3-4-13-15-14(20-16-13)11-18-7-5-17(6-8-18)9-10-19/h12,19H,3-11H2,1-2H3. The zero-order valence-electron chi connectivity index (χ0n) is 12.6. The first-order valence-corrected chi connectivity index (χ1v) is 7.54. The molecule has 0 saturated carbocycles. The van der Waals surface area contributed by atoms with E-state index in [1.807, 2.05) is 0 Å². The summed E-state index contributed by atoms with van der Waals surface area (Å²) in [7, 11) is 0. The fourth-order valence-corrected chi connectivity index (χ4v) is 2.38. The molecular weight excluding hydrogens is 256 g/mol. The van der Waals surface area contributed by atoms with Crippen molar-refractivity contribution in [2.75, 3.05) is 39.3 Å². The molecule has 0 spiro atoms. The highest BCUT2D eigenvalue weighted by Gasteiger charge is 2.18. The van der Waals surface area contributed by atoms with Crippen molar-refractivity contribution in [2.45, 2.75) is 33.2 Å². The molecular formula is C14H26N4O2. The van der Waals surface area contributed by atoms with Gasteiger partial charge in [-0.05, 0) is 12.3 Å². The Morgan fingerprint density at radius 3 is 2.55 bits per heavy atom. The Labute approximate surface area is 120 Å². The van der Waals surface area contributed by atoms with Crippen LogP contribution in [0.25, 0.3) is 0 Å². The number of hydrogen-bond acceptors (Lipinski definition) is 6. The SMILES string of the molecule is CC(C)CCc1noc(CN2CCN(CCO)CC2)n1. The highest BCUT2D eigenvalue weighted by Crippen LogP contribution is 2.09. The molecule has 6 heteroatoms. The van der Waals surface area contributed by atoms with Gasteiger partial charge in [0.1, 0.15) is 0 Å². The molecule has 0 aliphatic carbocycles. The van der Waals surface area contributed by atoms with Crippen molar-refractivity contribution in [1.29, 1.82) is 0 Å². The summed E-state index contributed by atoms with van der Waals surface area (Å²) in [5.74, 6) is 2.21. The number of hydrogen-bond donors (Lipinski definition) is 1. The van der Waals surface area contributed by atoms with Crippen LogP contribution in [0.15, 0.2) is 4.52 Å². The summed E-state index contributed by atoms with van der Waals surface area (Å²) < 4.78 is 5.32. The summed E-state index contributed by atoms with van der Waals surface area (Å²) in [6.07, 6.45) is 1.99. The van der Waals surface area contributed by atoms with E-state index in [1.165, 1.54) is 0 Å². The molecule has 0 atom stereocenters. The number of rotatable bonds is 7. The number of aliphatic hydroxyl groups is 1. The molecule has 0 bridgehead atoms. The van der Waals surface area contributed by atoms with Crippen LogP contribution in [0.2, 0.25) is 0 Å². The molecule has 2 heterocycles. The molecule has 6 nitrogen and oxygen atoms in total. The third kappa shape index (κ3) is 4.85. The number of β-amino-alcohol motifs (C(OH)–C–C–N with tert-alkyl or cyclic N) is 1. The van der Waals surface area contributed by atoms with E-state index in [0.29, 0.717) is 5.92 Å². The van der Waals surface area contributed by atoms with Gasteiger partial charge in [0.15, 0.2) is 5.82 Å². The van der Waals surface area contributed by atoms with Crippen LogP contribution in [0.1, 0.15) is 32.0 Å². The first-order valence-electron chi connectivity index (χ1n) is 7.54. The summed E-state index contributed by atoms with van der Waals surface area (Å²) in [4.78, 5) is 9.06. The minimum atomic E-state index is 0.239. The Kier molecular flexibility index (Phi) is 5.94. The van der Waals surface area contributed by atoms with Crippen LogP contribution >= 0.6 is 0 Å². The van der Waals surface area contributed by atoms with Gasteiger partial charge in [0, 0.05) is 39.1 Å². The van der Waals surface area contributed by atoms with Gasteiger partial charge in [-0.15, -0.1) is 0 Å². The van der Waals surface area contributed by atoms with Gasteiger partial charge in [0.05, 0.1) is 13.2 Å². The minimum Gasteiger partial charge on any atom is -0.395 e. The first kappa shape index (κ1) is 15.4. The third-order valence-electron chi connectivity index (χ3n) is 3.70. The van der Waals surface area contributed by atoms with Crippen LogP contribution in [-0.2, 0) is 13.0 Å². The fraction of sp³-hybridized carbons (Fsp3) is 0.857. The van der Waals surface area contributed by atoms with Gasteiger partial charge in [0.25, 0.3) is 0 Å². The molecule has 0 amide bonds. The maximum Gasteiger partial charge on any atom is 0.240 e. The van der Waals surface area contributed by atoms with Gasteiger partial charge in [0.2, 0.25) is 5.89 Å². The van der Waals surface area contributed by atoms with Gasteiger partial charge in [-0.2, -0.15) is 4.98 Å². The minimum absolute atomic E-state index is 0.239. The molecule has 1 aliphatic heterocycles. The topological polar surface area (TPSA) is 65.6 Å². The number of piperazine rings is 1. The lowest BCUT2D eigenvalue weighted by atomic mass is 10.1. The number of aliphatic hydroxyl groups excluding tert-OH is 1. The summed E-state index contributed by atoms with van der Waals surface area (Å²) >= 11 is 0. The molecule has 0 aromatic carbocycles. The Hall–Kier alpha value is -0.980. The van der Waals surface area contributed by atoms with Crippen LogP contribution < -0.4 is 0 Å².